The number of ether oxygens (including phenoxy) is 1. The Kier molecular flexibility index (Phi) is 6.53. The summed E-state index contributed by atoms with van der Waals surface area (Å²) in [5.74, 6) is -2.97. The number of halogens is 2. The molecule has 0 aliphatic carbocycles. The third-order valence-corrected chi connectivity index (χ3v) is 3.69. The molecule has 1 atom stereocenters. The van der Waals surface area contributed by atoms with Crippen molar-refractivity contribution in [1.82, 2.24) is 5.32 Å². The molecule has 2 aromatic rings. The number of hydrogen-bond donors (Lipinski definition) is 1. The monoisotopic (exact) mass is 378 g/mol. The lowest BCUT2D eigenvalue weighted by molar-refractivity contribution is -0.384. The molecule has 27 heavy (non-hydrogen) atoms. The van der Waals surface area contributed by atoms with Gasteiger partial charge in [-0.25, -0.2) is 13.6 Å². The van der Waals surface area contributed by atoms with Crippen LogP contribution in [0.4, 0.5) is 14.5 Å². The molecule has 1 amide bonds. The lowest BCUT2D eigenvalue weighted by Gasteiger charge is -2.16. The first kappa shape index (κ1) is 20.0. The van der Waals surface area contributed by atoms with Gasteiger partial charge < -0.3 is 10.1 Å². The summed E-state index contributed by atoms with van der Waals surface area (Å²) in [5, 5.41) is 13.1. The molecule has 142 valence electrons. The van der Waals surface area contributed by atoms with Gasteiger partial charge in [-0.05, 0) is 23.3 Å². The van der Waals surface area contributed by atoms with E-state index >= 15 is 0 Å². The van der Waals surface area contributed by atoms with E-state index in [0.717, 1.165) is 19.2 Å². The number of carbonyl (C=O) groups excluding carboxylic acids is 2. The molecule has 2 aromatic carbocycles. The highest BCUT2D eigenvalue weighted by atomic mass is 19.1. The number of benzene rings is 2. The van der Waals surface area contributed by atoms with Crippen molar-refractivity contribution in [3.05, 3.63) is 75.3 Å². The lowest BCUT2D eigenvalue weighted by atomic mass is 10.0. The third kappa shape index (κ3) is 5.84. The minimum atomic E-state index is -1.05. The fourth-order valence-corrected chi connectivity index (χ4v) is 2.47. The normalized spacial score (nSPS) is 11.5. The zero-order valence-corrected chi connectivity index (χ0v) is 14.3. The minimum absolute atomic E-state index is 0.0356. The summed E-state index contributed by atoms with van der Waals surface area (Å²) in [7, 11) is 1.15. The molecule has 2 rings (SSSR count). The summed E-state index contributed by atoms with van der Waals surface area (Å²) in [6.45, 7) is 0. The van der Waals surface area contributed by atoms with Crippen molar-refractivity contribution >= 4 is 17.6 Å². The van der Waals surface area contributed by atoms with Gasteiger partial charge in [0.2, 0.25) is 5.91 Å². The van der Waals surface area contributed by atoms with E-state index in [2.05, 4.69) is 10.1 Å². The molecule has 0 bridgehead atoms. The van der Waals surface area contributed by atoms with Gasteiger partial charge >= 0.3 is 5.97 Å². The summed E-state index contributed by atoms with van der Waals surface area (Å²) < 4.78 is 31.1. The molecule has 0 saturated carbocycles. The Morgan fingerprint density at radius 1 is 1.11 bits per heavy atom. The van der Waals surface area contributed by atoms with E-state index in [-0.39, 0.29) is 24.1 Å². The largest absolute Gasteiger partial charge is 0.467 e. The van der Waals surface area contributed by atoms with Crippen LogP contribution in [0.15, 0.2) is 42.5 Å². The zero-order valence-electron chi connectivity index (χ0n) is 14.3. The van der Waals surface area contributed by atoms with Crippen LogP contribution in [0, 0.1) is 21.7 Å². The number of non-ortho nitro benzene ring substituents is 1. The number of hydrogen-bond acceptors (Lipinski definition) is 5. The van der Waals surface area contributed by atoms with Gasteiger partial charge in [-0.2, -0.15) is 0 Å². The maximum atomic E-state index is 13.2. The Balaban J connectivity index is 2.08. The van der Waals surface area contributed by atoms with E-state index in [1.54, 1.807) is 0 Å². The second kappa shape index (κ2) is 8.84. The highest BCUT2D eigenvalue weighted by molar-refractivity contribution is 5.85. The van der Waals surface area contributed by atoms with Crippen LogP contribution in [0.1, 0.15) is 11.1 Å². The maximum absolute atomic E-state index is 13.2. The number of nitro benzene ring substituents is 1. The molecule has 1 N–H and O–H groups in total. The molecule has 9 heteroatoms. The fourth-order valence-electron chi connectivity index (χ4n) is 2.47. The summed E-state index contributed by atoms with van der Waals surface area (Å²) in [5.41, 5.74) is 0.572. The van der Waals surface area contributed by atoms with Crippen LogP contribution in [0.3, 0.4) is 0 Å². The molecule has 0 saturated heterocycles. The number of esters is 1. The van der Waals surface area contributed by atoms with E-state index in [1.807, 2.05) is 0 Å². The van der Waals surface area contributed by atoms with E-state index < -0.39 is 34.5 Å². The number of nitrogens with one attached hydrogen (secondary N) is 1. The van der Waals surface area contributed by atoms with Gasteiger partial charge in [-0.15, -0.1) is 0 Å². The number of amides is 1. The van der Waals surface area contributed by atoms with Crippen LogP contribution in [-0.4, -0.2) is 30.0 Å². The average Bonchev–Trinajstić information content (AvgIpc) is 2.60. The molecule has 0 fully saturated rings. The van der Waals surface area contributed by atoms with Crippen LogP contribution < -0.4 is 5.32 Å². The van der Waals surface area contributed by atoms with Crippen LogP contribution in [-0.2, 0) is 27.2 Å². The van der Waals surface area contributed by atoms with Crippen molar-refractivity contribution in [2.75, 3.05) is 7.11 Å². The van der Waals surface area contributed by atoms with Gasteiger partial charge in [-0.3, -0.25) is 14.9 Å². The Bertz CT molecular complexity index is 835. The number of rotatable bonds is 7. The van der Waals surface area contributed by atoms with E-state index in [4.69, 9.17) is 0 Å². The maximum Gasteiger partial charge on any atom is 0.328 e. The Labute approximate surface area is 153 Å². The first-order valence-electron chi connectivity index (χ1n) is 7.84. The Hall–Kier alpha value is -3.36. The fraction of sp³-hybridized carbons (Fsp3) is 0.222. The quantitative estimate of drug-likeness (QED) is 0.453. The molecular weight excluding hydrogens is 362 g/mol. The second-order valence-corrected chi connectivity index (χ2v) is 5.73. The SMILES string of the molecule is COC(=O)[C@@H](Cc1ccc([N+](=O)[O-])cc1)NC(=O)Cc1cc(F)cc(F)c1. The Morgan fingerprint density at radius 2 is 1.70 bits per heavy atom. The first-order valence-corrected chi connectivity index (χ1v) is 7.84. The molecular formula is C18H16F2N2O5. The van der Waals surface area contributed by atoms with E-state index in [1.165, 1.54) is 24.3 Å². The topological polar surface area (TPSA) is 98.5 Å². The zero-order chi connectivity index (χ0) is 20.0. The lowest BCUT2D eigenvalue weighted by Crippen LogP contribution is -2.43. The smallest absolute Gasteiger partial charge is 0.328 e. The van der Waals surface area contributed by atoms with Crippen molar-refractivity contribution in [2.24, 2.45) is 0 Å². The summed E-state index contributed by atoms with van der Waals surface area (Å²) in [6, 6.07) is 7.15. The van der Waals surface area contributed by atoms with Gasteiger partial charge in [-0.1, -0.05) is 12.1 Å². The van der Waals surface area contributed by atoms with Crippen molar-refractivity contribution in [3.63, 3.8) is 0 Å². The van der Waals surface area contributed by atoms with Gasteiger partial charge in [0.1, 0.15) is 17.7 Å². The molecule has 7 nitrogen and oxygen atoms in total. The molecule has 0 heterocycles. The summed E-state index contributed by atoms with van der Waals surface area (Å²) in [4.78, 5) is 34.2. The minimum Gasteiger partial charge on any atom is -0.467 e. The first-order chi connectivity index (χ1) is 12.8. The van der Waals surface area contributed by atoms with E-state index in [0.29, 0.717) is 11.6 Å². The average molecular weight is 378 g/mol. The molecule has 0 aromatic heterocycles. The standard InChI is InChI=1S/C18H16F2N2O5/c1-27-18(24)16(8-11-2-4-15(5-3-11)22(25)26)21-17(23)9-12-6-13(19)10-14(20)7-12/h2-7,10,16H,8-9H2,1H3,(H,21,23)/t16-/m1/s1. The number of nitro groups is 1. The van der Waals surface area contributed by atoms with Gasteiger partial charge in [0.15, 0.2) is 0 Å². The van der Waals surface area contributed by atoms with Gasteiger partial charge in [0.05, 0.1) is 18.5 Å². The van der Waals surface area contributed by atoms with Crippen molar-refractivity contribution < 1.29 is 28.0 Å². The van der Waals surface area contributed by atoms with Gasteiger partial charge in [0.25, 0.3) is 5.69 Å². The number of methoxy groups -OCH3 is 1. The molecule has 0 aliphatic rings. The van der Waals surface area contributed by atoms with E-state index in [9.17, 15) is 28.5 Å². The molecule has 0 aliphatic heterocycles. The predicted molar refractivity (Wildman–Crippen MR) is 90.8 cm³/mol. The molecule has 0 radical (unpaired) electrons. The number of carbonyl (C=O) groups is 2. The third-order valence-electron chi connectivity index (χ3n) is 3.69. The highest BCUT2D eigenvalue weighted by Crippen LogP contribution is 2.14. The van der Waals surface area contributed by atoms with Gasteiger partial charge in [0, 0.05) is 24.6 Å². The second-order valence-electron chi connectivity index (χ2n) is 5.73. The van der Waals surface area contributed by atoms with Crippen molar-refractivity contribution in [1.29, 1.82) is 0 Å². The summed E-state index contributed by atoms with van der Waals surface area (Å²) in [6.07, 6.45) is -0.295. The Morgan fingerprint density at radius 3 is 2.22 bits per heavy atom. The predicted octanol–water partition coefficient (Wildman–Crippen LogP) is 2.32. The molecule has 0 spiro atoms. The van der Waals surface area contributed by atoms with Crippen LogP contribution in [0.5, 0.6) is 0 Å². The highest BCUT2D eigenvalue weighted by Gasteiger charge is 2.22. The van der Waals surface area contributed by atoms with Crippen molar-refractivity contribution in [3.8, 4) is 0 Å². The van der Waals surface area contributed by atoms with Crippen LogP contribution in [0.2, 0.25) is 0 Å². The van der Waals surface area contributed by atoms with Crippen molar-refractivity contribution in [2.45, 2.75) is 18.9 Å². The summed E-state index contributed by atoms with van der Waals surface area (Å²) >= 11 is 0. The van der Waals surface area contributed by atoms with Crippen LogP contribution in [0.25, 0.3) is 0 Å². The molecule has 0 unspecified atom stereocenters. The van der Waals surface area contributed by atoms with Crippen LogP contribution >= 0.6 is 0 Å². The number of nitrogens with zero attached hydrogens (tertiary/aromatic N) is 1.